The van der Waals surface area contributed by atoms with E-state index in [9.17, 15) is 5.26 Å². The highest BCUT2D eigenvalue weighted by Gasteiger charge is 2.12. The maximum absolute atomic E-state index is 9.31. The van der Waals surface area contributed by atoms with E-state index in [1.165, 1.54) is 12.8 Å². The Morgan fingerprint density at radius 2 is 2.26 bits per heavy atom. The lowest BCUT2D eigenvalue weighted by Gasteiger charge is -2.08. The van der Waals surface area contributed by atoms with E-state index >= 15 is 0 Å². The van der Waals surface area contributed by atoms with Crippen LogP contribution in [0.4, 0.5) is 0 Å². The summed E-state index contributed by atoms with van der Waals surface area (Å²) < 4.78 is 1.84. The molecule has 0 amide bonds. The first-order chi connectivity index (χ1) is 11.3. The van der Waals surface area contributed by atoms with Gasteiger partial charge in [0.1, 0.15) is 12.0 Å². The fraction of sp³-hybridized carbons (Fsp3) is 0.412. The summed E-state index contributed by atoms with van der Waals surface area (Å²) in [6, 6.07) is 4.36. The number of nitriles is 1. The van der Waals surface area contributed by atoms with Crippen LogP contribution in [0.25, 0.3) is 22.3 Å². The van der Waals surface area contributed by atoms with E-state index in [1.807, 2.05) is 23.1 Å². The molecule has 1 N–H and O–H groups in total. The molecule has 0 saturated carbocycles. The van der Waals surface area contributed by atoms with Crippen LogP contribution in [-0.4, -0.2) is 24.7 Å². The summed E-state index contributed by atoms with van der Waals surface area (Å²) in [6.45, 7) is 2.80. The van der Waals surface area contributed by atoms with Crippen LogP contribution in [0.1, 0.15) is 32.6 Å². The van der Waals surface area contributed by atoms with Crippen LogP contribution in [0, 0.1) is 17.2 Å². The molecular weight excluding hydrogens is 288 g/mol. The predicted octanol–water partition coefficient (Wildman–Crippen LogP) is 3.54. The number of hydrogen-bond acceptors (Lipinski definition) is 4. The second-order valence-electron chi connectivity index (χ2n) is 5.74. The topological polar surface area (TPSA) is 83.2 Å². The standard InChI is InChI=1S/C17H20N6/c1-2-3-4-5-13(8-18)10-23-11-14(9-22-23)16-15-6-7-19-17(15)21-12-20-16/h6-7,9,11-13H,2-5,10H2,1H3,(H,19,20,21). The van der Waals surface area contributed by atoms with Crippen LogP contribution in [0.2, 0.25) is 0 Å². The van der Waals surface area contributed by atoms with Gasteiger partial charge < -0.3 is 4.98 Å². The van der Waals surface area contributed by atoms with Crippen LogP contribution in [0.15, 0.2) is 31.0 Å². The molecule has 0 bridgehead atoms. The van der Waals surface area contributed by atoms with Gasteiger partial charge in [-0.25, -0.2) is 9.97 Å². The molecule has 118 valence electrons. The summed E-state index contributed by atoms with van der Waals surface area (Å²) in [5, 5.41) is 14.7. The summed E-state index contributed by atoms with van der Waals surface area (Å²) in [6.07, 6.45) is 11.5. The van der Waals surface area contributed by atoms with E-state index in [1.54, 1.807) is 12.5 Å². The van der Waals surface area contributed by atoms with E-state index in [2.05, 4.69) is 33.0 Å². The van der Waals surface area contributed by atoms with Crippen molar-refractivity contribution in [2.45, 2.75) is 39.2 Å². The molecule has 0 spiro atoms. The van der Waals surface area contributed by atoms with Gasteiger partial charge in [0.15, 0.2) is 0 Å². The van der Waals surface area contributed by atoms with Gasteiger partial charge in [-0.05, 0) is 12.5 Å². The molecule has 1 atom stereocenters. The highest BCUT2D eigenvalue weighted by molar-refractivity contribution is 5.89. The highest BCUT2D eigenvalue weighted by atomic mass is 15.3. The van der Waals surface area contributed by atoms with Gasteiger partial charge in [0.2, 0.25) is 0 Å². The third-order valence-electron chi connectivity index (χ3n) is 4.01. The molecule has 0 aliphatic carbocycles. The summed E-state index contributed by atoms with van der Waals surface area (Å²) in [5.74, 6) is 0.00646. The van der Waals surface area contributed by atoms with Gasteiger partial charge in [-0.1, -0.05) is 26.2 Å². The minimum atomic E-state index is 0.00646. The van der Waals surface area contributed by atoms with Gasteiger partial charge >= 0.3 is 0 Å². The molecule has 23 heavy (non-hydrogen) atoms. The lowest BCUT2D eigenvalue weighted by Crippen LogP contribution is -2.09. The SMILES string of the molecule is CCCCCC(C#N)Cn1cc(-c2ncnc3[nH]ccc23)cn1. The van der Waals surface area contributed by atoms with Crippen molar-refractivity contribution in [2.24, 2.45) is 5.92 Å². The zero-order valence-corrected chi connectivity index (χ0v) is 13.2. The van der Waals surface area contributed by atoms with Gasteiger partial charge in [0, 0.05) is 23.3 Å². The predicted molar refractivity (Wildman–Crippen MR) is 88.4 cm³/mol. The Balaban J connectivity index is 1.75. The van der Waals surface area contributed by atoms with Crippen LogP contribution >= 0.6 is 0 Å². The molecule has 0 aliphatic rings. The van der Waals surface area contributed by atoms with Crippen molar-refractivity contribution in [3.63, 3.8) is 0 Å². The minimum Gasteiger partial charge on any atom is -0.346 e. The molecule has 6 nitrogen and oxygen atoms in total. The number of fused-ring (bicyclic) bond motifs is 1. The third-order valence-corrected chi connectivity index (χ3v) is 4.01. The van der Waals surface area contributed by atoms with Crippen molar-refractivity contribution in [1.82, 2.24) is 24.7 Å². The number of aromatic nitrogens is 5. The molecule has 0 saturated heterocycles. The zero-order chi connectivity index (χ0) is 16.1. The Labute approximate surface area is 135 Å². The van der Waals surface area contributed by atoms with Crippen LogP contribution < -0.4 is 0 Å². The lowest BCUT2D eigenvalue weighted by molar-refractivity contribution is 0.452. The highest BCUT2D eigenvalue weighted by Crippen LogP contribution is 2.24. The Kier molecular flexibility index (Phi) is 4.67. The number of nitrogens with zero attached hydrogens (tertiary/aromatic N) is 5. The number of H-pyrrole nitrogens is 1. The summed E-state index contributed by atoms with van der Waals surface area (Å²) in [5.41, 5.74) is 2.63. The normalized spacial score (nSPS) is 12.3. The average molecular weight is 308 g/mol. The van der Waals surface area contributed by atoms with Crippen molar-refractivity contribution in [3.05, 3.63) is 31.0 Å². The van der Waals surface area contributed by atoms with Gasteiger partial charge in [-0.2, -0.15) is 10.4 Å². The average Bonchev–Trinajstić information content (AvgIpc) is 3.22. The maximum Gasteiger partial charge on any atom is 0.141 e. The van der Waals surface area contributed by atoms with Crippen molar-refractivity contribution in [1.29, 1.82) is 5.26 Å². The van der Waals surface area contributed by atoms with Crippen molar-refractivity contribution >= 4 is 11.0 Å². The Bertz CT molecular complexity index is 810. The van der Waals surface area contributed by atoms with Crippen molar-refractivity contribution in [3.8, 4) is 17.3 Å². The molecule has 1 unspecified atom stereocenters. The fourth-order valence-electron chi connectivity index (χ4n) is 2.75. The largest absolute Gasteiger partial charge is 0.346 e. The third kappa shape index (κ3) is 3.39. The number of nitrogens with one attached hydrogen (secondary N) is 1. The first kappa shape index (κ1) is 15.2. The van der Waals surface area contributed by atoms with E-state index in [4.69, 9.17) is 0 Å². The number of rotatable bonds is 7. The Hall–Kier alpha value is -2.68. The Morgan fingerprint density at radius 1 is 1.35 bits per heavy atom. The molecule has 0 aliphatic heterocycles. The molecule has 0 fully saturated rings. The van der Waals surface area contributed by atoms with E-state index in [0.717, 1.165) is 35.1 Å². The molecule has 3 aromatic heterocycles. The second kappa shape index (κ2) is 7.05. The summed E-state index contributed by atoms with van der Waals surface area (Å²) >= 11 is 0. The van der Waals surface area contributed by atoms with Crippen LogP contribution in [0.5, 0.6) is 0 Å². The second-order valence-corrected chi connectivity index (χ2v) is 5.74. The fourth-order valence-corrected chi connectivity index (χ4v) is 2.75. The first-order valence-corrected chi connectivity index (χ1v) is 8.02. The van der Waals surface area contributed by atoms with E-state index in [-0.39, 0.29) is 5.92 Å². The van der Waals surface area contributed by atoms with Crippen molar-refractivity contribution in [2.75, 3.05) is 0 Å². The van der Waals surface area contributed by atoms with Gasteiger partial charge in [-0.3, -0.25) is 4.68 Å². The van der Waals surface area contributed by atoms with Gasteiger partial charge in [0.25, 0.3) is 0 Å². The Morgan fingerprint density at radius 3 is 3.09 bits per heavy atom. The monoisotopic (exact) mass is 308 g/mol. The lowest BCUT2D eigenvalue weighted by atomic mass is 10.0. The molecule has 3 heterocycles. The van der Waals surface area contributed by atoms with Crippen molar-refractivity contribution < 1.29 is 0 Å². The quantitative estimate of drug-likeness (QED) is 0.677. The zero-order valence-electron chi connectivity index (χ0n) is 13.2. The van der Waals surface area contributed by atoms with Gasteiger partial charge in [-0.15, -0.1) is 0 Å². The number of unbranched alkanes of at least 4 members (excludes halogenated alkanes) is 2. The number of hydrogen-bond donors (Lipinski definition) is 1. The molecule has 3 aromatic rings. The molecule has 6 heteroatoms. The molecular formula is C17H20N6. The smallest absolute Gasteiger partial charge is 0.141 e. The minimum absolute atomic E-state index is 0.00646. The molecule has 0 aromatic carbocycles. The first-order valence-electron chi connectivity index (χ1n) is 8.02. The number of aromatic amines is 1. The maximum atomic E-state index is 9.31. The van der Waals surface area contributed by atoms with Gasteiger partial charge in [0.05, 0.1) is 30.4 Å². The molecule has 3 rings (SSSR count). The van der Waals surface area contributed by atoms with Crippen LogP contribution in [-0.2, 0) is 6.54 Å². The summed E-state index contributed by atoms with van der Waals surface area (Å²) in [7, 11) is 0. The van der Waals surface area contributed by atoms with Crippen LogP contribution in [0.3, 0.4) is 0 Å². The summed E-state index contributed by atoms with van der Waals surface area (Å²) in [4.78, 5) is 11.7. The van der Waals surface area contributed by atoms with E-state index < -0.39 is 0 Å². The van der Waals surface area contributed by atoms with E-state index in [0.29, 0.717) is 6.54 Å². The molecule has 0 radical (unpaired) electrons.